The van der Waals surface area contributed by atoms with Crippen molar-refractivity contribution in [2.45, 2.75) is 71.3 Å². The molecule has 1 saturated carbocycles. The minimum absolute atomic E-state index is 0.0490. The van der Waals surface area contributed by atoms with Gasteiger partial charge in [0.2, 0.25) is 0 Å². The summed E-state index contributed by atoms with van der Waals surface area (Å²) < 4.78 is 5.06. The molecular formula is C21H31NO3. The number of esters is 1. The van der Waals surface area contributed by atoms with E-state index in [1.807, 2.05) is 43.0 Å². The molecule has 1 amide bonds. The van der Waals surface area contributed by atoms with Crippen LogP contribution < -0.4 is 0 Å². The van der Waals surface area contributed by atoms with Crippen molar-refractivity contribution in [3.05, 3.63) is 35.4 Å². The number of nitrogens with zero attached hydrogens (tertiary/aromatic N) is 1. The Morgan fingerprint density at radius 1 is 1.08 bits per heavy atom. The second-order valence-electron chi connectivity index (χ2n) is 6.87. The van der Waals surface area contributed by atoms with Crippen LogP contribution in [0.3, 0.4) is 0 Å². The molecule has 0 aromatic heterocycles. The van der Waals surface area contributed by atoms with Crippen molar-refractivity contribution in [1.82, 2.24) is 4.90 Å². The van der Waals surface area contributed by atoms with Crippen LogP contribution >= 0.6 is 0 Å². The Kier molecular flexibility index (Phi) is 7.96. The maximum absolute atomic E-state index is 13.2. The molecule has 1 aliphatic rings. The van der Waals surface area contributed by atoms with E-state index in [1.165, 1.54) is 19.3 Å². The van der Waals surface area contributed by atoms with Gasteiger partial charge in [0.25, 0.3) is 5.91 Å². The number of rotatable bonds is 6. The normalized spacial score (nSPS) is 15.9. The van der Waals surface area contributed by atoms with E-state index >= 15 is 0 Å². The minimum atomic E-state index is -0.226. The minimum Gasteiger partial charge on any atom is -0.466 e. The molecule has 0 atom stereocenters. The average Bonchev–Trinajstić information content (AvgIpc) is 2.56. The van der Waals surface area contributed by atoms with Gasteiger partial charge < -0.3 is 9.64 Å². The number of carbonyl (C=O) groups is 2. The Morgan fingerprint density at radius 2 is 1.72 bits per heavy atom. The molecule has 0 radical (unpaired) electrons. The highest BCUT2D eigenvalue weighted by Crippen LogP contribution is 2.24. The van der Waals surface area contributed by atoms with Gasteiger partial charge in [0, 0.05) is 18.2 Å². The zero-order valence-corrected chi connectivity index (χ0v) is 15.6. The number of hydrogen-bond donors (Lipinski definition) is 0. The lowest BCUT2D eigenvalue weighted by Crippen LogP contribution is -2.42. The number of benzene rings is 1. The quantitative estimate of drug-likeness (QED) is 0.713. The molecule has 1 fully saturated rings. The molecule has 1 aromatic carbocycles. The van der Waals surface area contributed by atoms with Crippen LogP contribution in [0.1, 0.15) is 74.2 Å². The van der Waals surface area contributed by atoms with Gasteiger partial charge in [-0.05, 0) is 38.3 Å². The van der Waals surface area contributed by atoms with E-state index in [0.29, 0.717) is 13.2 Å². The summed E-state index contributed by atoms with van der Waals surface area (Å²) in [6, 6.07) is 7.93. The van der Waals surface area contributed by atoms with Crippen LogP contribution in [0.4, 0.5) is 0 Å². The third-order valence-corrected chi connectivity index (χ3v) is 5.01. The Bertz CT molecular complexity index is 562. The molecule has 0 saturated heterocycles. The van der Waals surface area contributed by atoms with Crippen LogP contribution in [0.25, 0.3) is 0 Å². The van der Waals surface area contributed by atoms with E-state index in [-0.39, 0.29) is 24.3 Å². The summed E-state index contributed by atoms with van der Waals surface area (Å²) in [5.74, 6) is -0.177. The zero-order valence-electron chi connectivity index (χ0n) is 15.6. The predicted molar refractivity (Wildman–Crippen MR) is 99.6 cm³/mol. The molecule has 25 heavy (non-hydrogen) atoms. The van der Waals surface area contributed by atoms with Gasteiger partial charge in [-0.25, -0.2) is 0 Å². The van der Waals surface area contributed by atoms with E-state index in [9.17, 15) is 9.59 Å². The predicted octanol–water partition coefficient (Wildman–Crippen LogP) is 4.50. The van der Waals surface area contributed by atoms with E-state index in [0.717, 1.165) is 36.8 Å². The van der Waals surface area contributed by atoms with Gasteiger partial charge in [0.1, 0.15) is 0 Å². The molecule has 0 unspecified atom stereocenters. The molecule has 0 spiro atoms. The molecule has 0 aliphatic heterocycles. The monoisotopic (exact) mass is 345 g/mol. The van der Waals surface area contributed by atoms with Crippen molar-refractivity contribution in [2.75, 3.05) is 13.2 Å². The Morgan fingerprint density at radius 3 is 2.36 bits per heavy atom. The molecule has 4 heteroatoms. The molecule has 1 aromatic rings. The second-order valence-corrected chi connectivity index (χ2v) is 6.87. The Balaban J connectivity index is 2.16. The number of amides is 1. The summed E-state index contributed by atoms with van der Waals surface area (Å²) in [7, 11) is 0. The van der Waals surface area contributed by atoms with Crippen LogP contribution in [0, 0.1) is 6.92 Å². The van der Waals surface area contributed by atoms with Gasteiger partial charge in [-0.2, -0.15) is 0 Å². The van der Waals surface area contributed by atoms with E-state index in [2.05, 4.69) is 0 Å². The molecular weight excluding hydrogens is 314 g/mol. The lowest BCUT2D eigenvalue weighted by Gasteiger charge is -2.33. The highest BCUT2D eigenvalue weighted by molar-refractivity contribution is 5.96. The van der Waals surface area contributed by atoms with Crippen LogP contribution in [0.2, 0.25) is 0 Å². The SMILES string of the molecule is CCOC(=O)CCN(C(=O)c1ccccc1C)C1CCCCCCC1. The molecule has 1 aliphatic carbocycles. The van der Waals surface area contributed by atoms with E-state index < -0.39 is 0 Å². The van der Waals surface area contributed by atoms with Crippen molar-refractivity contribution >= 4 is 11.9 Å². The average molecular weight is 345 g/mol. The van der Waals surface area contributed by atoms with E-state index in [1.54, 1.807) is 0 Å². The largest absolute Gasteiger partial charge is 0.466 e. The summed E-state index contributed by atoms with van der Waals surface area (Å²) in [4.78, 5) is 27.0. The lowest BCUT2D eigenvalue weighted by molar-refractivity contribution is -0.143. The fraction of sp³-hybridized carbons (Fsp3) is 0.619. The van der Waals surface area contributed by atoms with Gasteiger partial charge in [-0.3, -0.25) is 9.59 Å². The first-order valence-electron chi connectivity index (χ1n) is 9.65. The number of carbonyl (C=O) groups excluding carboxylic acids is 2. The standard InChI is InChI=1S/C21H31NO3/c1-3-25-20(23)15-16-22(18-12-7-5-4-6-8-13-18)21(24)19-14-10-9-11-17(19)2/h9-11,14,18H,3-8,12-13,15-16H2,1-2H3. The lowest BCUT2D eigenvalue weighted by atomic mass is 9.94. The smallest absolute Gasteiger partial charge is 0.307 e. The molecule has 0 N–H and O–H groups in total. The summed E-state index contributed by atoms with van der Waals surface area (Å²) in [6.07, 6.45) is 8.40. The van der Waals surface area contributed by atoms with Gasteiger partial charge >= 0.3 is 5.97 Å². The fourth-order valence-electron chi connectivity index (χ4n) is 3.61. The molecule has 0 bridgehead atoms. The first kappa shape index (κ1) is 19.5. The molecule has 0 heterocycles. The highest BCUT2D eigenvalue weighted by atomic mass is 16.5. The maximum Gasteiger partial charge on any atom is 0.307 e. The van der Waals surface area contributed by atoms with Crippen LogP contribution in [0.5, 0.6) is 0 Å². The third kappa shape index (κ3) is 5.87. The first-order valence-corrected chi connectivity index (χ1v) is 9.65. The Hall–Kier alpha value is -1.84. The van der Waals surface area contributed by atoms with Gasteiger partial charge in [-0.1, -0.05) is 50.3 Å². The van der Waals surface area contributed by atoms with Crippen LogP contribution in [0.15, 0.2) is 24.3 Å². The fourth-order valence-corrected chi connectivity index (χ4v) is 3.61. The van der Waals surface area contributed by atoms with Crippen molar-refractivity contribution in [2.24, 2.45) is 0 Å². The first-order chi connectivity index (χ1) is 12.1. The molecule has 4 nitrogen and oxygen atoms in total. The van der Waals surface area contributed by atoms with Crippen LogP contribution in [-0.4, -0.2) is 36.0 Å². The van der Waals surface area contributed by atoms with Crippen LogP contribution in [-0.2, 0) is 9.53 Å². The summed E-state index contributed by atoms with van der Waals surface area (Å²) in [5.41, 5.74) is 1.73. The van der Waals surface area contributed by atoms with Crippen molar-refractivity contribution < 1.29 is 14.3 Å². The summed E-state index contributed by atoms with van der Waals surface area (Å²) in [6.45, 7) is 4.60. The molecule has 138 valence electrons. The molecule has 2 rings (SSSR count). The van der Waals surface area contributed by atoms with Gasteiger partial charge in [-0.15, -0.1) is 0 Å². The van der Waals surface area contributed by atoms with E-state index in [4.69, 9.17) is 4.74 Å². The van der Waals surface area contributed by atoms with Gasteiger partial charge in [0.05, 0.1) is 13.0 Å². The summed E-state index contributed by atoms with van der Waals surface area (Å²) >= 11 is 0. The van der Waals surface area contributed by atoms with Crippen molar-refractivity contribution in [3.8, 4) is 0 Å². The number of ether oxygens (including phenoxy) is 1. The maximum atomic E-state index is 13.2. The highest BCUT2D eigenvalue weighted by Gasteiger charge is 2.26. The number of hydrogen-bond acceptors (Lipinski definition) is 3. The topological polar surface area (TPSA) is 46.6 Å². The summed E-state index contributed by atoms with van der Waals surface area (Å²) in [5, 5.41) is 0. The number of aryl methyl sites for hydroxylation is 1. The van der Waals surface area contributed by atoms with Gasteiger partial charge in [0.15, 0.2) is 0 Å². The van der Waals surface area contributed by atoms with Crippen molar-refractivity contribution in [1.29, 1.82) is 0 Å². The second kappa shape index (κ2) is 10.2. The zero-order chi connectivity index (χ0) is 18.1. The van der Waals surface area contributed by atoms with Crippen molar-refractivity contribution in [3.63, 3.8) is 0 Å². The third-order valence-electron chi connectivity index (χ3n) is 5.01. The Labute approximate surface area is 151 Å².